The molecule has 2 aliphatic rings. The molecule has 2 aromatic rings. The zero-order valence-electron chi connectivity index (χ0n) is 16.2. The molecule has 0 aromatic heterocycles. The van der Waals surface area contributed by atoms with E-state index in [2.05, 4.69) is 21.2 Å². The molecule has 1 atom stereocenters. The van der Waals surface area contributed by atoms with Crippen LogP contribution >= 0.6 is 15.9 Å². The number of hydrogen-bond donors (Lipinski definition) is 1. The minimum absolute atomic E-state index is 0.0212. The molecule has 2 aliphatic heterocycles. The molecule has 6 nitrogen and oxygen atoms in total. The Morgan fingerprint density at radius 2 is 1.93 bits per heavy atom. The molecule has 29 heavy (non-hydrogen) atoms. The van der Waals surface area contributed by atoms with Gasteiger partial charge in [0.15, 0.2) is 0 Å². The molecular formula is C22H22BrN3O3. The van der Waals surface area contributed by atoms with Gasteiger partial charge < -0.3 is 15.1 Å². The first-order chi connectivity index (χ1) is 13.9. The molecule has 4 rings (SSSR count). The van der Waals surface area contributed by atoms with Crippen LogP contribution in [0.2, 0.25) is 0 Å². The fraction of sp³-hybridized carbons (Fsp3) is 0.318. The van der Waals surface area contributed by atoms with Gasteiger partial charge in [0.05, 0.1) is 0 Å². The molecule has 0 aliphatic carbocycles. The van der Waals surface area contributed by atoms with E-state index in [1.807, 2.05) is 37.3 Å². The van der Waals surface area contributed by atoms with Gasteiger partial charge in [0, 0.05) is 28.8 Å². The van der Waals surface area contributed by atoms with Crippen LogP contribution in [0.1, 0.15) is 34.3 Å². The summed E-state index contributed by atoms with van der Waals surface area (Å²) in [5.41, 5.74) is 3.21. The summed E-state index contributed by atoms with van der Waals surface area (Å²) in [6.07, 6.45) is 1.63. The molecular weight excluding hydrogens is 434 g/mol. The van der Waals surface area contributed by atoms with Crippen molar-refractivity contribution in [1.82, 2.24) is 9.80 Å². The summed E-state index contributed by atoms with van der Waals surface area (Å²) < 4.78 is 0.992. The first kappa shape index (κ1) is 19.6. The number of benzene rings is 2. The van der Waals surface area contributed by atoms with Crippen LogP contribution in [0.4, 0.5) is 5.69 Å². The molecule has 0 saturated carbocycles. The Balaban J connectivity index is 1.41. The van der Waals surface area contributed by atoms with Crippen LogP contribution in [0.5, 0.6) is 0 Å². The van der Waals surface area contributed by atoms with Gasteiger partial charge in [-0.15, -0.1) is 0 Å². The van der Waals surface area contributed by atoms with Crippen molar-refractivity contribution in [3.63, 3.8) is 0 Å². The third-order valence-corrected chi connectivity index (χ3v) is 6.39. The fourth-order valence-electron chi connectivity index (χ4n) is 3.91. The molecule has 1 N–H and O–H groups in total. The number of anilines is 1. The van der Waals surface area contributed by atoms with Crippen molar-refractivity contribution in [2.24, 2.45) is 0 Å². The number of halogens is 1. The molecule has 2 fully saturated rings. The topological polar surface area (TPSA) is 69.7 Å². The molecule has 2 saturated heterocycles. The second kappa shape index (κ2) is 7.99. The standard InChI is InChI=1S/C22H22BrN3O3/c1-14-11-17(8-9-18(14)23)24-21(28)16-6-4-15(5-7-16)12-25-13-20(27)26-10-2-3-19(26)22(25)29/h4-9,11,19H,2-3,10,12-13H2,1H3,(H,24,28)/t19-/m1/s1. The Kier molecular flexibility index (Phi) is 5.41. The monoisotopic (exact) mass is 455 g/mol. The number of piperazine rings is 1. The number of hydrogen-bond acceptors (Lipinski definition) is 3. The number of amides is 3. The minimum atomic E-state index is -0.296. The lowest BCUT2D eigenvalue weighted by molar-refractivity contribution is -0.154. The molecule has 2 aromatic carbocycles. The average Bonchev–Trinajstić information content (AvgIpc) is 3.20. The van der Waals surface area contributed by atoms with Gasteiger partial charge in [-0.2, -0.15) is 0 Å². The van der Waals surface area contributed by atoms with Crippen molar-refractivity contribution in [1.29, 1.82) is 0 Å². The highest BCUT2D eigenvalue weighted by molar-refractivity contribution is 9.10. The van der Waals surface area contributed by atoms with Gasteiger partial charge in [0.1, 0.15) is 12.6 Å². The fourth-order valence-corrected chi connectivity index (χ4v) is 4.15. The molecule has 0 bridgehead atoms. The Hall–Kier alpha value is -2.67. The maximum Gasteiger partial charge on any atom is 0.255 e. The number of aryl methyl sites for hydroxylation is 1. The smallest absolute Gasteiger partial charge is 0.255 e. The van der Waals surface area contributed by atoms with E-state index in [-0.39, 0.29) is 30.3 Å². The molecule has 3 amide bonds. The van der Waals surface area contributed by atoms with Gasteiger partial charge in [-0.25, -0.2) is 0 Å². The number of carbonyl (C=O) groups is 3. The second-order valence-electron chi connectivity index (χ2n) is 7.55. The van der Waals surface area contributed by atoms with Crippen LogP contribution in [0, 0.1) is 6.92 Å². The molecule has 2 heterocycles. The number of rotatable bonds is 4. The highest BCUT2D eigenvalue weighted by Gasteiger charge is 2.41. The highest BCUT2D eigenvalue weighted by atomic mass is 79.9. The van der Waals surface area contributed by atoms with Crippen LogP contribution < -0.4 is 5.32 Å². The predicted molar refractivity (Wildman–Crippen MR) is 113 cm³/mol. The lowest BCUT2D eigenvalue weighted by Gasteiger charge is -2.36. The molecule has 150 valence electrons. The Labute approximate surface area is 178 Å². The van der Waals surface area contributed by atoms with Gasteiger partial charge in [-0.1, -0.05) is 28.1 Å². The third kappa shape index (κ3) is 4.05. The van der Waals surface area contributed by atoms with Crippen LogP contribution in [-0.4, -0.2) is 46.7 Å². The van der Waals surface area contributed by atoms with E-state index in [9.17, 15) is 14.4 Å². The number of fused-ring (bicyclic) bond motifs is 1. The summed E-state index contributed by atoms with van der Waals surface area (Å²) in [6, 6.07) is 12.5. The second-order valence-corrected chi connectivity index (χ2v) is 8.41. The van der Waals surface area contributed by atoms with Crippen LogP contribution in [-0.2, 0) is 16.1 Å². The van der Waals surface area contributed by atoms with Crippen LogP contribution in [0.3, 0.4) is 0 Å². The maximum atomic E-state index is 12.7. The van der Waals surface area contributed by atoms with E-state index in [0.717, 1.165) is 34.1 Å². The summed E-state index contributed by atoms with van der Waals surface area (Å²) in [7, 11) is 0. The van der Waals surface area contributed by atoms with E-state index in [1.165, 1.54) is 0 Å². The van der Waals surface area contributed by atoms with Crippen molar-refractivity contribution in [3.8, 4) is 0 Å². The quantitative estimate of drug-likeness (QED) is 0.768. The summed E-state index contributed by atoms with van der Waals surface area (Å²) in [4.78, 5) is 40.7. The summed E-state index contributed by atoms with van der Waals surface area (Å²) in [5.74, 6) is -0.147. The summed E-state index contributed by atoms with van der Waals surface area (Å²) in [6.45, 7) is 3.15. The SMILES string of the molecule is Cc1cc(NC(=O)c2ccc(CN3CC(=O)N4CCC[C@@H]4C3=O)cc2)ccc1Br. The van der Waals surface area contributed by atoms with Crippen molar-refractivity contribution >= 4 is 39.3 Å². The average molecular weight is 456 g/mol. The van der Waals surface area contributed by atoms with Gasteiger partial charge in [-0.3, -0.25) is 14.4 Å². The number of nitrogens with zero attached hydrogens (tertiary/aromatic N) is 2. The zero-order valence-corrected chi connectivity index (χ0v) is 17.7. The summed E-state index contributed by atoms with van der Waals surface area (Å²) in [5, 5.41) is 2.89. The Bertz CT molecular complexity index is 974. The highest BCUT2D eigenvalue weighted by Crippen LogP contribution is 2.25. The van der Waals surface area contributed by atoms with Crippen molar-refractivity contribution in [2.75, 3.05) is 18.4 Å². The van der Waals surface area contributed by atoms with Gasteiger partial charge in [-0.05, 0) is 61.2 Å². The summed E-state index contributed by atoms with van der Waals surface area (Å²) >= 11 is 3.45. The Morgan fingerprint density at radius 3 is 2.66 bits per heavy atom. The normalized spacial score (nSPS) is 18.8. The van der Waals surface area contributed by atoms with Crippen LogP contribution in [0.15, 0.2) is 46.9 Å². The third-order valence-electron chi connectivity index (χ3n) is 5.50. The largest absolute Gasteiger partial charge is 0.329 e. The number of carbonyl (C=O) groups excluding carboxylic acids is 3. The first-order valence-corrected chi connectivity index (χ1v) is 10.5. The molecule has 0 radical (unpaired) electrons. The van der Waals surface area contributed by atoms with Crippen molar-refractivity contribution in [3.05, 3.63) is 63.6 Å². The van der Waals surface area contributed by atoms with Crippen molar-refractivity contribution in [2.45, 2.75) is 32.4 Å². The van der Waals surface area contributed by atoms with E-state index in [0.29, 0.717) is 18.7 Å². The van der Waals surface area contributed by atoms with E-state index in [4.69, 9.17) is 0 Å². The van der Waals surface area contributed by atoms with Crippen molar-refractivity contribution < 1.29 is 14.4 Å². The van der Waals surface area contributed by atoms with E-state index < -0.39 is 0 Å². The van der Waals surface area contributed by atoms with Gasteiger partial charge >= 0.3 is 0 Å². The zero-order chi connectivity index (χ0) is 20.5. The maximum absolute atomic E-state index is 12.7. The van der Waals surface area contributed by atoms with Gasteiger partial charge in [0.25, 0.3) is 5.91 Å². The predicted octanol–water partition coefficient (Wildman–Crippen LogP) is 3.34. The Morgan fingerprint density at radius 1 is 1.17 bits per heavy atom. The lowest BCUT2D eigenvalue weighted by atomic mass is 10.1. The minimum Gasteiger partial charge on any atom is -0.329 e. The van der Waals surface area contributed by atoms with E-state index in [1.54, 1.807) is 21.9 Å². The van der Waals surface area contributed by atoms with Crippen LogP contribution in [0.25, 0.3) is 0 Å². The molecule has 0 unspecified atom stereocenters. The number of nitrogens with one attached hydrogen (secondary N) is 1. The first-order valence-electron chi connectivity index (χ1n) is 9.67. The van der Waals surface area contributed by atoms with E-state index >= 15 is 0 Å². The lowest BCUT2D eigenvalue weighted by Crippen LogP contribution is -2.56. The molecule has 7 heteroatoms. The molecule has 0 spiro atoms. The van der Waals surface area contributed by atoms with Gasteiger partial charge in [0.2, 0.25) is 11.8 Å².